The van der Waals surface area contributed by atoms with Crippen LogP contribution in [0.4, 0.5) is 5.88 Å². The first-order valence-corrected chi connectivity index (χ1v) is 5.80. The first-order valence-electron chi connectivity index (χ1n) is 5.80. The SMILES string of the molecule is Nc1oncc1-c1cccc(OC2CCC2)c1. The summed E-state index contributed by atoms with van der Waals surface area (Å²) in [6.07, 6.45) is 5.57. The summed E-state index contributed by atoms with van der Waals surface area (Å²) in [4.78, 5) is 0. The van der Waals surface area contributed by atoms with E-state index < -0.39 is 0 Å². The van der Waals surface area contributed by atoms with E-state index >= 15 is 0 Å². The number of nitrogens with two attached hydrogens (primary N) is 1. The molecule has 3 rings (SSSR count). The Balaban J connectivity index is 1.85. The van der Waals surface area contributed by atoms with E-state index in [1.165, 1.54) is 6.42 Å². The van der Waals surface area contributed by atoms with Crippen molar-refractivity contribution in [2.75, 3.05) is 5.73 Å². The maximum atomic E-state index is 5.84. The quantitative estimate of drug-likeness (QED) is 0.880. The highest BCUT2D eigenvalue weighted by Gasteiger charge is 2.19. The molecule has 0 bridgehead atoms. The third-order valence-corrected chi connectivity index (χ3v) is 3.10. The lowest BCUT2D eigenvalue weighted by atomic mass is 9.96. The summed E-state index contributed by atoms with van der Waals surface area (Å²) in [5.74, 6) is 1.22. The van der Waals surface area contributed by atoms with Gasteiger partial charge in [0.25, 0.3) is 0 Å². The molecule has 1 aromatic heterocycles. The van der Waals surface area contributed by atoms with Gasteiger partial charge in [-0.2, -0.15) is 0 Å². The minimum atomic E-state index is 0.339. The molecule has 0 aliphatic heterocycles. The van der Waals surface area contributed by atoms with Gasteiger partial charge < -0.3 is 15.0 Å². The van der Waals surface area contributed by atoms with Gasteiger partial charge in [0.15, 0.2) is 0 Å². The Morgan fingerprint density at radius 2 is 2.24 bits per heavy atom. The van der Waals surface area contributed by atoms with E-state index in [4.69, 9.17) is 15.0 Å². The third kappa shape index (κ3) is 1.98. The van der Waals surface area contributed by atoms with Crippen molar-refractivity contribution in [1.29, 1.82) is 0 Å². The highest BCUT2D eigenvalue weighted by molar-refractivity contribution is 5.72. The van der Waals surface area contributed by atoms with Gasteiger partial charge in [0.2, 0.25) is 5.88 Å². The fraction of sp³-hybridized carbons (Fsp3) is 0.308. The molecule has 1 fully saturated rings. The molecular weight excluding hydrogens is 216 g/mol. The Kier molecular flexibility index (Phi) is 2.48. The molecule has 1 heterocycles. The first kappa shape index (κ1) is 10.2. The van der Waals surface area contributed by atoms with Gasteiger partial charge in [-0.3, -0.25) is 0 Å². The molecule has 2 aromatic rings. The van der Waals surface area contributed by atoms with Crippen molar-refractivity contribution in [3.63, 3.8) is 0 Å². The van der Waals surface area contributed by atoms with Crippen LogP contribution in [0.5, 0.6) is 5.75 Å². The summed E-state index contributed by atoms with van der Waals surface area (Å²) in [7, 11) is 0. The summed E-state index contributed by atoms with van der Waals surface area (Å²) in [5.41, 5.74) is 7.47. The van der Waals surface area contributed by atoms with Crippen LogP contribution in [-0.4, -0.2) is 11.3 Å². The molecule has 4 nitrogen and oxygen atoms in total. The number of nitrogen functional groups attached to an aromatic ring is 1. The molecule has 1 saturated carbocycles. The Morgan fingerprint density at radius 1 is 1.35 bits per heavy atom. The Bertz CT molecular complexity index is 518. The molecule has 0 atom stereocenters. The summed E-state index contributed by atoms with van der Waals surface area (Å²) < 4.78 is 10.7. The summed E-state index contributed by atoms with van der Waals surface area (Å²) in [6.45, 7) is 0. The molecule has 0 spiro atoms. The number of benzene rings is 1. The number of aromatic nitrogens is 1. The van der Waals surface area contributed by atoms with Gasteiger partial charge in [-0.1, -0.05) is 17.3 Å². The monoisotopic (exact) mass is 230 g/mol. The van der Waals surface area contributed by atoms with E-state index in [0.29, 0.717) is 12.0 Å². The van der Waals surface area contributed by atoms with Crippen LogP contribution >= 0.6 is 0 Å². The standard InChI is InChI=1S/C13H14N2O2/c14-13-12(8-15-17-13)9-3-1-6-11(7-9)16-10-4-2-5-10/h1,3,6-8,10H,2,4-5,14H2. The fourth-order valence-corrected chi connectivity index (χ4v) is 1.88. The van der Waals surface area contributed by atoms with Crippen molar-refractivity contribution in [1.82, 2.24) is 5.16 Å². The van der Waals surface area contributed by atoms with E-state index in [0.717, 1.165) is 29.7 Å². The molecule has 1 aliphatic rings. The molecule has 0 unspecified atom stereocenters. The Morgan fingerprint density at radius 3 is 2.88 bits per heavy atom. The topological polar surface area (TPSA) is 61.3 Å². The first-order chi connectivity index (χ1) is 8.33. The summed E-state index contributed by atoms with van der Waals surface area (Å²) >= 11 is 0. The highest BCUT2D eigenvalue weighted by Crippen LogP contribution is 2.30. The van der Waals surface area contributed by atoms with E-state index in [9.17, 15) is 0 Å². The lowest BCUT2D eigenvalue weighted by Gasteiger charge is -2.26. The number of nitrogens with zero attached hydrogens (tertiary/aromatic N) is 1. The smallest absolute Gasteiger partial charge is 0.229 e. The largest absolute Gasteiger partial charge is 0.490 e. The van der Waals surface area contributed by atoms with Crippen LogP contribution in [0.2, 0.25) is 0 Å². The van der Waals surface area contributed by atoms with E-state index in [2.05, 4.69) is 5.16 Å². The normalized spacial score (nSPS) is 15.5. The second-order valence-electron chi connectivity index (χ2n) is 4.30. The fourth-order valence-electron chi connectivity index (χ4n) is 1.88. The maximum Gasteiger partial charge on any atom is 0.229 e. The number of anilines is 1. The zero-order chi connectivity index (χ0) is 11.7. The summed E-state index contributed by atoms with van der Waals surface area (Å²) in [6, 6.07) is 7.86. The molecule has 88 valence electrons. The van der Waals surface area contributed by atoms with Crippen LogP contribution in [0.25, 0.3) is 11.1 Å². The van der Waals surface area contributed by atoms with Crippen molar-refractivity contribution in [2.24, 2.45) is 0 Å². The van der Waals surface area contributed by atoms with Crippen molar-refractivity contribution < 1.29 is 9.26 Å². The number of rotatable bonds is 3. The zero-order valence-corrected chi connectivity index (χ0v) is 9.43. The number of ether oxygens (including phenoxy) is 1. The van der Waals surface area contributed by atoms with Crippen molar-refractivity contribution in [3.8, 4) is 16.9 Å². The average molecular weight is 230 g/mol. The van der Waals surface area contributed by atoms with Crippen molar-refractivity contribution in [2.45, 2.75) is 25.4 Å². The molecule has 1 aromatic carbocycles. The van der Waals surface area contributed by atoms with Crippen LogP contribution in [0.3, 0.4) is 0 Å². The average Bonchev–Trinajstić information content (AvgIpc) is 2.71. The van der Waals surface area contributed by atoms with Gasteiger partial charge in [-0.15, -0.1) is 0 Å². The van der Waals surface area contributed by atoms with Gasteiger partial charge in [-0.05, 0) is 37.0 Å². The van der Waals surface area contributed by atoms with Crippen molar-refractivity contribution >= 4 is 5.88 Å². The van der Waals surface area contributed by atoms with E-state index in [1.54, 1.807) is 6.20 Å². The number of hydrogen-bond acceptors (Lipinski definition) is 4. The van der Waals surface area contributed by atoms with Gasteiger partial charge in [0, 0.05) is 0 Å². The predicted molar refractivity (Wildman–Crippen MR) is 64.6 cm³/mol. The van der Waals surface area contributed by atoms with Crippen LogP contribution < -0.4 is 10.5 Å². The third-order valence-electron chi connectivity index (χ3n) is 3.10. The highest BCUT2D eigenvalue weighted by atomic mass is 16.5. The molecule has 2 N–H and O–H groups in total. The molecule has 0 saturated heterocycles. The van der Waals surface area contributed by atoms with E-state index in [-0.39, 0.29) is 0 Å². The molecule has 0 radical (unpaired) electrons. The van der Waals surface area contributed by atoms with Gasteiger partial charge >= 0.3 is 0 Å². The lowest BCUT2D eigenvalue weighted by Crippen LogP contribution is -2.24. The Hall–Kier alpha value is -1.97. The maximum absolute atomic E-state index is 5.84. The second-order valence-corrected chi connectivity index (χ2v) is 4.30. The minimum absolute atomic E-state index is 0.339. The molecule has 0 amide bonds. The zero-order valence-electron chi connectivity index (χ0n) is 9.43. The van der Waals surface area contributed by atoms with Crippen molar-refractivity contribution in [3.05, 3.63) is 30.5 Å². The lowest BCUT2D eigenvalue weighted by molar-refractivity contribution is 0.120. The predicted octanol–water partition coefficient (Wildman–Crippen LogP) is 2.86. The van der Waals surface area contributed by atoms with Crippen LogP contribution in [0, 0.1) is 0 Å². The van der Waals surface area contributed by atoms with Crippen LogP contribution in [0.1, 0.15) is 19.3 Å². The number of hydrogen-bond donors (Lipinski definition) is 1. The summed E-state index contributed by atoms with van der Waals surface area (Å²) in [5, 5.41) is 3.68. The second kappa shape index (κ2) is 4.13. The Labute approximate surface area is 99.4 Å². The van der Waals surface area contributed by atoms with Crippen LogP contribution in [-0.2, 0) is 0 Å². The van der Waals surface area contributed by atoms with Crippen LogP contribution in [0.15, 0.2) is 35.0 Å². The molecule has 4 heteroatoms. The van der Waals surface area contributed by atoms with Gasteiger partial charge in [0.05, 0.1) is 17.9 Å². The van der Waals surface area contributed by atoms with E-state index in [1.807, 2.05) is 24.3 Å². The molecular formula is C13H14N2O2. The van der Waals surface area contributed by atoms with Gasteiger partial charge in [-0.25, -0.2) is 0 Å². The minimum Gasteiger partial charge on any atom is -0.490 e. The molecule has 1 aliphatic carbocycles. The molecule has 17 heavy (non-hydrogen) atoms. The van der Waals surface area contributed by atoms with Gasteiger partial charge in [0.1, 0.15) is 5.75 Å².